The van der Waals surface area contributed by atoms with Crippen molar-refractivity contribution in [2.45, 2.75) is 25.9 Å². The third-order valence-corrected chi connectivity index (χ3v) is 4.50. The number of ether oxygens (including phenoxy) is 2. The van der Waals surface area contributed by atoms with Crippen LogP contribution in [-0.4, -0.2) is 63.2 Å². The zero-order valence-corrected chi connectivity index (χ0v) is 14.3. The van der Waals surface area contributed by atoms with Crippen molar-refractivity contribution in [1.29, 1.82) is 0 Å². The molecule has 0 spiro atoms. The highest BCUT2D eigenvalue weighted by Gasteiger charge is 2.33. The van der Waals surface area contributed by atoms with E-state index in [1.54, 1.807) is 6.07 Å². The van der Waals surface area contributed by atoms with Gasteiger partial charge in [-0.3, -0.25) is 4.90 Å². The van der Waals surface area contributed by atoms with E-state index in [9.17, 15) is 13.2 Å². The van der Waals surface area contributed by atoms with Crippen molar-refractivity contribution in [2.75, 3.05) is 50.8 Å². The van der Waals surface area contributed by atoms with E-state index in [2.05, 4.69) is 21.9 Å². The molecule has 2 fully saturated rings. The maximum absolute atomic E-state index is 12.9. The fourth-order valence-electron chi connectivity index (χ4n) is 3.31. The Balaban J connectivity index is 1.80. The zero-order chi connectivity index (χ0) is 17.9. The molecule has 0 bridgehead atoms. The van der Waals surface area contributed by atoms with Gasteiger partial charge in [0.05, 0.1) is 13.2 Å². The van der Waals surface area contributed by atoms with E-state index in [0.717, 1.165) is 25.3 Å². The van der Waals surface area contributed by atoms with Gasteiger partial charge in [-0.15, -0.1) is 13.2 Å². The predicted octanol–water partition coefficient (Wildman–Crippen LogP) is 2.22. The van der Waals surface area contributed by atoms with Crippen molar-refractivity contribution < 1.29 is 22.6 Å². The fourth-order valence-corrected chi connectivity index (χ4v) is 3.31. The molecule has 2 aliphatic rings. The van der Waals surface area contributed by atoms with Gasteiger partial charge in [0, 0.05) is 62.6 Å². The smallest absolute Gasteiger partial charge is 0.405 e. The molecule has 0 aromatic heterocycles. The van der Waals surface area contributed by atoms with Crippen LogP contribution in [0.3, 0.4) is 0 Å². The molecule has 1 aromatic rings. The highest BCUT2D eigenvalue weighted by atomic mass is 19.4. The van der Waals surface area contributed by atoms with E-state index in [0.29, 0.717) is 44.5 Å². The van der Waals surface area contributed by atoms with Gasteiger partial charge >= 0.3 is 6.36 Å². The van der Waals surface area contributed by atoms with Gasteiger partial charge in [0.1, 0.15) is 5.75 Å². The molecule has 0 radical (unpaired) electrons. The van der Waals surface area contributed by atoms with Gasteiger partial charge in [-0.25, -0.2) is 0 Å². The van der Waals surface area contributed by atoms with E-state index in [1.165, 1.54) is 6.07 Å². The Bertz CT molecular complexity index is 577. The summed E-state index contributed by atoms with van der Waals surface area (Å²) in [7, 11) is 0. The first-order valence-corrected chi connectivity index (χ1v) is 8.58. The summed E-state index contributed by atoms with van der Waals surface area (Å²) in [5, 5.41) is 3.33. The Kier molecular flexibility index (Phi) is 5.71. The third-order valence-electron chi connectivity index (χ3n) is 4.50. The Labute approximate surface area is 145 Å². The number of alkyl halides is 3. The summed E-state index contributed by atoms with van der Waals surface area (Å²) >= 11 is 0. The molecule has 8 heteroatoms. The first kappa shape index (κ1) is 18.3. The van der Waals surface area contributed by atoms with Crippen LogP contribution in [0.5, 0.6) is 5.75 Å². The number of rotatable bonds is 4. The lowest BCUT2D eigenvalue weighted by Crippen LogP contribution is -2.48. The quantitative estimate of drug-likeness (QED) is 0.892. The normalized spacial score (nSPS) is 22.9. The van der Waals surface area contributed by atoms with Crippen LogP contribution < -0.4 is 15.0 Å². The molecule has 0 amide bonds. The monoisotopic (exact) mass is 359 g/mol. The molecule has 1 N–H and O–H groups in total. The first-order valence-electron chi connectivity index (χ1n) is 8.58. The first-order chi connectivity index (χ1) is 11.9. The molecule has 140 valence electrons. The lowest BCUT2D eigenvalue weighted by atomic mass is 10.1. The summed E-state index contributed by atoms with van der Waals surface area (Å²) in [6.45, 7) is 7.45. The molecule has 0 saturated carbocycles. The van der Waals surface area contributed by atoms with E-state index >= 15 is 0 Å². The number of piperazine rings is 1. The second-order valence-corrected chi connectivity index (χ2v) is 6.53. The van der Waals surface area contributed by atoms with Crippen LogP contribution in [0.4, 0.5) is 18.9 Å². The SMILES string of the molecule is C[C@@H]1CN(Cc2ccc(N3CCOCC3)cc2OC(F)(F)F)CCN1. The van der Waals surface area contributed by atoms with Crippen LogP contribution in [0.1, 0.15) is 12.5 Å². The van der Waals surface area contributed by atoms with Crippen LogP contribution in [-0.2, 0) is 11.3 Å². The molecule has 25 heavy (non-hydrogen) atoms. The van der Waals surface area contributed by atoms with Crippen LogP contribution in [0.15, 0.2) is 18.2 Å². The number of hydrogen-bond donors (Lipinski definition) is 1. The number of nitrogens with one attached hydrogen (secondary N) is 1. The second-order valence-electron chi connectivity index (χ2n) is 6.53. The lowest BCUT2D eigenvalue weighted by Gasteiger charge is -2.33. The van der Waals surface area contributed by atoms with Crippen LogP contribution in [0.25, 0.3) is 0 Å². The maximum Gasteiger partial charge on any atom is 0.573 e. The van der Waals surface area contributed by atoms with Gasteiger partial charge < -0.3 is 19.7 Å². The number of benzene rings is 1. The molecule has 1 atom stereocenters. The van der Waals surface area contributed by atoms with Gasteiger partial charge in [-0.05, 0) is 13.0 Å². The van der Waals surface area contributed by atoms with Gasteiger partial charge in [-0.2, -0.15) is 0 Å². The highest BCUT2D eigenvalue weighted by Crippen LogP contribution is 2.32. The van der Waals surface area contributed by atoms with Crippen molar-refractivity contribution in [3.8, 4) is 5.75 Å². The van der Waals surface area contributed by atoms with Gasteiger partial charge in [-0.1, -0.05) is 6.07 Å². The topological polar surface area (TPSA) is 37.0 Å². The van der Waals surface area contributed by atoms with Crippen LogP contribution in [0.2, 0.25) is 0 Å². The molecule has 0 aliphatic carbocycles. The summed E-state index contributed by atoms with van der Waals surface area (Å²) in [5.41, 5.74) is 1.29. The molecule has 5 nitrogen and oxygen atoms in total. The average molecular weight is 359 g/mol. The van der Waals surface area contributed by atoms with Gasteiger partial charge in [0.15, 0.2) is 0 Å². The largest absolute Gasteiger partial charge is 0.573 e. The minimum absolute atomic E-state index is 0.109. The number of halogens is 3. The molecule has 2 heterocycles. The Morgan fingerprint density at radius 1 is 1.24 bits per heavy atom. The number of hydrogen-bond acceptors (Lipinski definition) is 5. The zero-order valence-electron chi connectivity index (χ0n) is 14.3. The lowest BCUT2D eigenvalue weighted by molar-refractivity contribution is -0.275. The Morgan fingerprint density at radius 3 is 2.68 bits per heavy atom. The van der Waals surface area contributed by atoms with Crippen molar-refractivity contribution >= 4 is 5.69 Å². The summed E-state index contributed by atoms with van der Waals surface area (Å²) in [4.78, 5) is 4.16. The summed E-state index contributed by atoms with van der Waals surface area (Å²) in [5.74, 6) is -0.109. The van der Waals surface area contributed by atoms with Crippen LogP contribution in [0, 0.1) is 0 Å². The van der Waals surface area contributed by atoms with Gasteiger partial charge in [0.25, 0.3) is 0 Å². The van der Waals surface area contributed by atoms with Crippen molar-refractivity contribution in [3.63, 3.8) is 0 Å². The van der Waals surface area contributed by atoms with E-state index in [1.807, 2.05) is 11.0 Å². The Morgan fingerprint density at radius 2 is 2.00 bits per heavy atom. The molecule has 2 aliphatic heterocycles. The maximum atomic E-state index is 12.9. The van der Waals surface area contributed by atoms with E-state index in [-0.39, 0.29) is 5.75 Å². The summed E-state index contributed by atoms with van der Waals surface area (Å²) in [6, 6.07) is 5.45. The summed E-state index contributed by atoms with van der Waals surface area (Å²) < 4.78 is 48.2. The molecular formula is C17H24F3N3O2. The number of morpholine rings is 1. The molecule has 1 aromatic carbocycles. The molecule has 3 rings (SSSR count). The standard InChI is InChI=1S/C17H24F3N3O2/c1-13-11-22(5-4-21-13)12-14-2-3-15(23-6-8-24-9-7-23)10-16(14)25-17(18,19)20/h2-3,10,13,21H,4-9,11-12H2,1H3/t13-/m1/s1. The van der Waals surface area contributed by atoms with E-state index in [4.69, 9.17) is 4.74 Å². The molecule has 0 unspecified atom stereocenters. The molecular weight excluding hydrogens is 335 g/mol. The van der Waals surface area contributed by atoms with Gasteiger partial charge in [0.2, 0.25) is 0 Å². The Hall–Kier alpha value is -1.51. The summed E-state index contributed by atoms with van der Waals surface area (Å²) in [6.07, 6.45) is -4.70. The minimum atomic E-state index is -4.70. The van der Waals surface area contributed by atoms with E-state index < -0.39 is 6.36 Å². The van der Waals surface area contributed by atoms with Crippen LogP contribution >= 0.6 is 0 Å². The third kappa shape index (κ3) is 5.23. The van der Waals surface area contributed by atoms with Crippen molar-refractivity contribution in [2.24, 2.45) is 0 Å². The molecule has 2 saturated heterocycles. The van der Waals surface area contributed by atoms with Crippen molar-refractivity contribution in [1.82, 2.24) is 10.2 Å². The van der Waals surface area contributed by atoms with Crippen molar-refractivity contribution in [3.05, 3.63) is 23.8 Å². The number of nitrogens with zero attached hydrogens (tertiary/aromatic N) is 2. The highest BCUT2D eigenvalue weighted by molar-refractivity contribution is 5.54. The fraction of sp³-hybridized carbons (Fsp3) is 0.647. The average Bonchev–Trinajstić information content (AvgIpc) is 2.56. The second kappa shape index (κ2) is 7.80. The minimum Gasteiger partial charge on any atom is -0.405 e. The number of anilines is 1. The predicted molar refractivity (Wildman–Crippen MR) is 88.9 cm³/mol.